The summed E-state index contributed by atoms with van der Waals surface area (Å²) in [4.78, 5) is 38.1. The second kappa shape index (κ2) is 65.9. The quantitative estimate of drug-likeness (QED) is 0.0261. The molecule has 0 bridgehead atoms. The Labute approximate surface area is 479 Å². The van der Waals surface area contributed by atoms with Crippen molar-refractivity contribution in [3.63, 3.8) is 0 Å². The van der Waals surface area contributed by atoms with Crippen molar-refractivity contribution in [2.24, 2.45) is 0 Å². The van der Waals surface area contributed by atoms with Crippen molar-refractivity contribution in [2.75, 3.05) is 13.2 Å². The van der Waals surface area contributed by atoms with E-state index in [-0.39, 0.29) is 37.5 Å². The third-order valence-electron chi connectivity index (χ3n) is 15.3. The standard InChI is InChI=1S/C71H130O6/c1-4-7-10-13-16-19-21-23-25-26-27-28-29-30-31-32-33-34-35-36-37-38-39-40-41-42-43-44-46-47-49-52-55-58-61-64-70(73)76-67-68(66-75-69(72)63-60-57-54-51-18-15-12-9-6-3)77-71(74)65-62-59-56-53-50-48-45-24-22-20-17-14-11-8-5-2/h8,11,17,20,24,45,50,53,68H,4-7,9-10,12-16,18-19,21-23,25-44,46-49,51-52,54-67H2,1-3H3/b11-8-,20-17-,45-24-,53-50-. The molecule has 450 valence electrons. The van der Waals surface area contributed by atoms with Gasteiger partial charge in [0, 0.05) is 19.3 Å². The molecule has 0 fully saturated rings. The number of hydrogen-bond acceptors (Lipinski definition) is 6. The molecule has 1 atom stereocenters. The van der Waals surface area contributed by atoms with E-state index in [4.69, 9.17) is 14.2 Å². The first kappa shape index (κ1) is 74.4. The van der Waals surface area contributed by atoms with Crippen molar-refractivity contribution in [1.82, 2.24) is 0 Å². The fourth-order valence-corrected chi connectivity index (χ4v) is 10.3. The number of hydrogen-bond donors (Lipinski definition) is 0. The molecule has 0 heterocycles. The third-order valence-corrected chi connectivity index (χ3v) is 15.3. The number of carbonyl (C=O) groups excluding carboxylic acids is 3. The summed E-state index contributed by atoms with van der Waals surface area (Å²) in [6.45, 7) is 6.52. The lowest BCUT2D eigenvalue weighted by Gasteiger charge is -2.18. The molecule has 0 amide bonds. The number of esters is 3. The van der Waals surface area contributed by atoms with Gasteiger partial charge in [0.15, 0.2) is 6.10 Å². The lowest BCUT2D eigenvalue weighted by molar-refractivity contribution is -0.167. The Morgan fingerprint density at radius 1 is 0.273 bits per heavy atom. The summed E-state index contributed by atoms with van der Waals surface area (Å²) in [5.74, 6) is -0.913. The first-order valence-corrected chi connectivity index (χ1v) is 34.1. The van der Waals surface area contributed by atoms with Gasteiger partial charge >= 0.3 is 17.9 Å². The van der Waals surface area contributed by atoms with E-state index < -0.39 is 6.10 Å². The van der Waals surface area contributed by atoms with Crippen LogP contribution in [0, 0.1) is 0 Å². The molecule has 0 spiro atoms. The Kier molecular flexibility index (Phi) is 63.6. The predicted octanol–water partition coefficient (Wildman–Crippen LogP) is 23.3. The SMILES string of the molecule is CC/C=C\C/C=C\C/C=C\C/C=C\CCCCC(=O)OC(COC(=O)CCCCCCCCCCC)COC(=O)CCCCCCCCCCCCCCCCCCCCCCCCCCCCCCCCCCCCC. The first-order valence-electron chi connectivity index (χ1n) is 34.1. The highest BCUT2D eigenvalue weighted by atomic mass is 16.6. The molecule has 0 radical (unpaired) electrons. The smallest absolute Gasteiger partial charge is 0.306 e. The van der Waals surface area contributed by atoms with Gasteiger partial charge in [-0.15, -0.1) is 0 Å². The second-order valence-electron chi connectivity index (χ2n) is 23.1. The van der Waals surface area contributed by atoms with E-state index >= 15 is 0 Å². The fraction of sp³-hybridized carbons (Fsp3) is 0.845. The van der Waals surface area contributed by atoms with Crippen LogP contribution in [-0.2, 0) is 28.6 Å². The molecule has 1 unspecified atom stereocenters. The maximum absolute atomic E-state index is 12.8. The lowest BCUT2D eigenvalue weighted by Crippen LogP contribution is -2.30. The van der Waals surface area contributed by atoms with Gasteiger partial charge in [0.1, 0.15) is 13.2 Å². The van der Waals surface area contributed by atoms with Crippen LogP contribution in [0.2, 0.25) is 0 Å². The van der Waals surface area contributed by atoms with Crippen molar-refractivity contribution < 1.29 is 28.6 Å². The van der Waals surface area contributed by atoms with Crippen LogP contribution in [0.3, 0.4) is 0 Å². The Balaban J connectivity index is 3.98. The van der Waals surface area contributed by atoms with Gasteiger partial charge in [0.05, 0.1) is 0 Å². The molecule has 6 heteroatoms. The van der Waals surface area contributed by atoms with Crippen LogP contribution in [0.25, 0.3) is 0 Å². The maximum Gasteiger partial charge on any atom is 0.306 e. The Hall–Kier alpha value is -2.63. The molecular formula is C71H130O6. The Morgan fingerprint density at radius 3 is 0.792 bits per heavy atom. The van der Waals surface area contributed by atoms with Gasteiger partial charge in [-0.1, -0.05) is 339 Å². The van der Waals surface area contributed by atoms with Gasteiger partial charge in [0.25, 0.3) is 0 Å². The third kappa shape index (κ3) is 64.1. The van der Waals surface area contributed by atoms with Crippen molar-refractivity contribution in [3.05, 3.63) is 48.6 Å². The summed E-state index contributed by atoms with van der Waals surface area (Å²) in [6, 6.07) is 0. The summed E-state index contributed by atoms with van der Waals surface area (Å²) < 4.78 is 16.8. The topological polar surface area (TPSA) is 78.9 Å². The molecule has 0 aliphatic carbocycles. The molecular weight excluding hydrogens is 949 g/mol. The number of ether oxygens (including phenoxy) is 3. The van der Waals surface area contributed by atoms with Crippen LogP contribution in [0.4, 0.5) is 0 Å². The molecule has 0 aromatic carbocycles. The fourth-order valence-electron chi connectivity index (χ4n) is 10.3. The number of rotatable bonds is 63. The summed E-state index contributed by atoms with van der Waals surface area (Å²) >= 11 is 0. The number of allylic oxidation sites excluding steroid dienone is 8. The Bertz CT molecular complexity index is 1330. The molecule has 0 aliphatic rings. The largest absolute Gasteiger partial charge is 0.462 e. The van der Waals surface area contributed by atoms with E-state index in [1.54, 1.807) is 0 Å². The normalized spacial score (nSPS) is 12.3. The molecule has 0 aromatic rings. The number of carbonyl (C=O) groups is 3. The molecule has 6 nitrogen and oxygen atoms in total. The van der Waals surface area contributed by atoms with Crippen LogP contribution in [0.5, 0.6) is 0 Å². The van der Waals surface area contributed by atoms with Crippen molar-refractivity contribution in [1.29, 1.82) is 0 Å². The van der Waals surface area contributed by atoms with E-state index in [2.05, 4.69) is 69.4 Å². The summed E-state index contributed by atoms with van der Waals surface area (Å²) in [7, 11) is 0. The predicted molar refractivity (Wildman–Crippen MR) is 335 cm³/mol. The van der Waals surface area contributed by atoms with Crippen LogP contribution in [0.15, 0.2) is 48.6 Å². The zero-order chi connectivity index (χ0) is 55.7. The van der Waals surface area contributed by atoms with Gasteiger partial charge < -0.3 is 14.2 Å². The molecule has 0 aliphatic heterocycles. The van der Waals surface area contributed by atoms with Gasteiger partial charge in [-0.2, -0.15) is 0 Å². The average molecular weight is 1080 g/mol. The molecule has 0 saturated heterocycles. The van der Waals surface area contributed by atoms with E-state index in [9.17, 15) is 14.4 Å². The minimum Gasteiger partial charge on any atom is -0.462 e. The van der Waals surface area contributed by atoms with E-state index in [0.717, 1.165) is 77.0 Å². The summed E-state index contributed by atoms with van der Waals surface area (Å²) in [5, 5.41) is 0. The van der Waals surface area contributed by atoms with Gasteiger partial charge in [-0.3, -0.25) is 14.4 Å². The van der Waals surface area contributed by atoms with Crippen molar-refractivity contribution in [3.8, 4) is 0 Å². The van der Waals surface area contributed by atoms with E-state index in [0.29, 0.717) is 19.3 Å². The highest BCUT2D eigenvalue weighted by Crippen LogP contribution is 2.19. The van der Waals surface area contributed by atoms with E-state index in [1.165, 1.54) is 244 Å². The highest BCUT2D eigenvalue weighted by molar-refractivity contribution is 5.71. The molecule has 0 rings (SSSR count). The molecule has 77 heavy (non-hydrogen) atoms. The van der Waals surface area contributed by atoms with Gasteiger partial charge in [-0.05, 0) is 57.8 Å². The van der Waals surface area contributed by atoms with Crippen molar-refractivity contribution in [2.45, 2.75) is 374 Å². The van der Waals surface area contributed by atoms with Crippen LogP contribution in [0.1, 0.15) is 367 Å². The summed E-state index contributed by atoms with van der Waals surface area (Å²) in [5.41, 5.74) is 0. The molecule has 0 N–H and O–H groups in total. The zero-order valence-corrected chi connectivity index (χ0v) is 51.7. The average Bonchev–Trinajstić information content (AvgIpc) is 3.43. The second-order valence-corrected chi connectivity index (χ2v) is 23.1. The minimum atomic E-state index is -0.791. The molecule has 0 aromatic heterocycles. The molecule has 0 saturated carbocycles. The van der Waals surface area contributed by atoms with E-state index in [1.807, 2.05) is 0 Å². The van der Waals surface area contributed by atoms with Crippen molar-refractivity contribution >= 4 is 17.9 Å². The minimum absolute atomic E-state index is 0.0858. The maximum atomic E-state index is 12.8. The number of unbranched alkanes of at least 4 members (excludes halogenated alkanes) is 44. The van der Waals surface area contributed by atoms with Gasteiger partial charge in [-0.25, -0.2) is 0 Å². The van der Waals surface area contributed by atoms with Gasteiger partial charge in [0.2, 0.25) is 0 Å². The lowest BCUT2D eigenvalue weighted by atomic mass is 10.0. The van der Waals surface area contributed by atoms with Crippen LogP contribution >= 0.6 is 0 Å². The summed E-state index contributed by atoms with van der Waals surface area (Å²) in [6.07, 6.45) is 83.3. The monoisotopic (exact) mass is 1080 g/mol. The zero-order valence-electron chi connectivity index (χ0n) is 51.7. The highest BCUT2D eigenvalue weighted by Gasteiger charge is 2.19. The Morgan fingerprint density at radius 2 is 0.506 bits per heavy atom. The van der Waals surface area contributed by atoms with Crippen LogP contribution in [-0.4, -0.2) is 37.2 Å². The van der Waals surface area contributed by atoms with Crippen LogP contribution < -0.4 is 0 Å². The first-order chi connectivity index (χ1) is 38.0.